The van der Waals surface area contributed by atoms with E-state index in [2.05, 4.69) is 76.3 Å². The third-order valence-corrected chi connectivity index (χ3v) is 12.3. The Hall–Kier alpha value is -6.76. The van der Waals surface area contributed by atoms with Crippen LogP contribution in [-0.2, 0) is 25.5 Å². The molecule has 2 saturated heterocycles. The molecule has 4 heterocycles. The van der Waals surface area contributed by atoms with Gasteiger partial charge in [-0.2, -0.15) is 0 Å². The lowest BCUT2D eigenvalue weighted by molar-refractivity contribution is -0.135. The zero-order chi connectivity index (χ0) is 43.3. The fourth-order valence-electron chi connectivity index (χ4n) is 8.97. The second kappa shape index (κ2) is 18.5. The number of nitrogens with one attached hydrogen (secondary N) is 3. The molecule has 0 saturated carbocycles. The van der Waals surface area contributed by atoms with Gasteiger partial charge in [-0.05, 0) is 82.3 Å². The molecule has 3 aliphatic heterocycles. The number of carbonyl (C=O) groups is 4. The maximum Gasteiger partial charge on any atom is 0.407 e. The van der Waals surface area contributed by atoms with Crippen molar-refractivity contribution in [3.05, 3.63) is 120 Å². The first-order valence-corrected chi connectivity index (χ1v) is 21.4. The number of aliphatic imine (C=N–C) groups is 1. The third kappa shape index (κ3) is 8.97. The van der Waals surface area contributed by atoms with E-state index in [1.165, 1.54) is 14.2 Å². The molecule has 4 atom stereocenters. The number of fused-ring (bicyclic) bond motifs is 1. The van der Waals surface area contributed by atoms with Gasteiger partial charge in [0.05, 0.1) is 38.2 Å². The molecule has 8 rings (SSSR count). The molecule has 13 heteroatoms. The van der Waals surface area contributed by atoms with Crippen molar-refractivity contribution in [2.45, 2.75) is 76.5 Å². The Labute approximate surface area is 361 Å². The van der Waals surface area contributed by atoms with Gasteiger partial charge in [0.15, 0.2) is 0 Å². The van der Waals surface area contributed by atoms with Gasteiger partial charge in [0.25, 0.3) is 0 Å². The average molecular weight is 836 g/mol. The van der Waals surface area contributed by atoms with Crippen LogP contribution < -0.4 is 10.6 Å². The molecule has 4 amide bonds. The van der Waals surface area contributed by atoms with Crippen molar-refractivity contribution in [3.63, 3.8) is 0 Å². The molecule has 320 valence electrons. The van der Waals surface area contributed by atoms with Crippen LogP contribution in [0.2, 0.25) is 0 Å². The highest BCUT2D eigenvalue weighted by atomic mass is 16.5. The second-order valence-corrected chi connectivity index (χ2v) is 16.6. The fraction of sp³-hybridized carbons (Fsp3) is 0.347. The summed E-state index contributed by atoms with van der Waals surface area (Å²) >= 11 is 0. The van der Waals surface area contributed by atoms with Crippen molar-refractivity contribution in [1.29, 1.82) is 0 Å². The van der Waals surface area contributed by atoms with Crippen LogP contribution in [0.1, 0.15) is 68.9 Å². The number of ether oxygens (including phenoxy) is 2. The standard InChI is InChI=1S/C49H53N7O6/c1-30(2)44(54-49(60)62-4)47(58)56-23-9-13-43(56)45-51-29-41(52-45)37-21-20-35-25-34(18-19-36(35)26-37)32-14-16-33(17-15-32)38-27-39(50-28-38)42-12-8-22-55(42)46(57)40(53-48(59)61-3)24-31-10-6-5-7-11-31/h5-7,10-11,14-21,25-26,28-30,40,42-44H,8-9,12-13,22-24,27H2,1-4H3,(H,51,52)(H,53,59)(H,54,60)/t40-,42-,43-,44-/m0/s1. The Balaban J connectivity index is 0.907. The lowest BCUT2D eigenvalue weighted by Crippen LogP contribution is -2.52. The summed E-state index contributed by atoms with van der Waals surface area (Å²) in [5.41, 5.74) is 8.20. The van der Waals surface area contributed by atoms with Crippen molar-refractivity contribution in [2.24, 2.45) is 10.9 Å². The van der Waals surface area contributed by atoms with E-state index in [1.54, 1.807) is 0 Å². The summed E-state index contributed by atoms with van der Waals surface area (Å²) in [6.07, 6.45) is 6.85. The molecular weight excluding hydrogens is 783 g/mol. The summed E-state index contributed by atoms with van der Waals surface area (Å²) in [6.45, 7) is 5.02. The molecule has 5 aromatic rings. The molecule has 4 aromatic carbocycles. The number of carbonyl (C=O) groups excluding carboxylic acids is 4. The van der Waals surface area contributed by atoms with Crippen LogP contribution in [0.4, 0.5) is 9.59 Å². The Kier molecular flexibility index (Phi) is 12.5. The van der Waals surface area contributed by atoms with Gasteiger partial charge in [-0.25, -0.2) is 14.6 Å². The number of imidazole rings is 1. The normalized spacial score (nSPS) is 18.3. The number of nitrogens with zero attached hydrogens (tertiary/aromatic N) is 4. The largest absolute Gasteiger partial charge is 0.453 e. The number of hydrogen-bond donors (Lipinski definition) is 3. The minimum Gasteiger partial charge on any atom is -0.453 e. The van der Waals surface area contributed by atoms with E-state index in [-0.39, 0.29) is 29.8 Å². The topological polar surface area (TPSA) is 158 Å². The summed E-state index contributed by atoms with van der Waals surface area (Å²) in [6, 6.07) is 29.3. The van der Waals surface area contributed by atoms with E-state index < -0.39 is 24.3 Å². The number of likely N-dealkylation sites (tertiary alicyclic amines) is 2. The van der Waals surface area contributed by atoms with Crippen LogP contribution in [0.15, 0.2) is 108 Å². The first-order valence-electron chi connectivity index (χ1n) is 21.4. The molecule has 3 N–H and O–H groups in total. The number of allylic oxidation sites excluding steroid dienone is 1. The lowest BCUT2D eigenvalue weighted by atomic mass is 9.95. The third-order valence-electron chi connectivity index (χ3n) is 12.3. The molecule has 0 bridgehead atoms. The number of hydrogen-bond acceptors (Lipinski definition) is 8. The van der Waals surface area contributed by atoms with Gasteiger partial charge >= 0.3 is 12.2 Å². The fourth-order valence-corrected chi connectivity index (χ4v) is 8.97. The Morgan fingerprint density at radius 3 is 2.05 bits per heavy atom. The highest BCUT2D eigenvalue weighted by Crippen LogP contribution is 2.35. The minimum absolute atomic E-state index is 0.105. The summed E-state index contributed by atoms with van der Waals surface area (Å²) in [4.78, 5) is 68.5. The van der Waals surface area contributed by atoms with Gasteiger partial charge in [0.2, 0.25) is 11.8 Å². The van der Waals surface area contributed by atoms with Crippen LogP contribution >= 0.6 is 0 Å². The first kappa shape index (κ1) is 42.0. The number of alkyl carbamates (subject to hydrolysis) is 2. The van der Waals surface area contributed by atoms with Gasteiger partial charge in [-0.3, -0.25) is 14.6 Å². The number of benzene rings is 4. The minimum atomic E-state index is -0.745. The maximum absolute atomic E-state index is 14.0. The number of methoxy groups -OCH3 is 2. The predicted molar refractivity (Wildman–Crippen MR) is 239 cm³/mol. The molecule has 0 unspecified atom stereocenters. The van der Waals surface area contributed by atoms with E-state index in [4.69, 9.17) is 19.5 Å². The quantitative estimate of drug-likeness (QED) is 0.115. The van der Waals surface area contributed by atoms with Gasteiger partial charge in [-0.15, -0.1) is 0 Å². The Morgan fingerprint density at radius 2 is 1.35 bits per heavy atom. The second-order valence-electron chi connectivity index (χ2n) is 16.6. The highest BCUT2D eigenvalue weighted by Gasteiger charge is 2.39. The maximum atomic E-state index is 14.0. The van der Waals surface area contributed by atoms with Crippen molar-refractivity contribution in [1.82, 2.24) is 30.4 Å². The summed E-state index contributed by atoms with van der Waals surface area (Å²) in [7, 11) is 2.60. The number of aromatic amines is 1. The van der Waals surface area contributed by atoms with Crippen molar-refractivity contribution >= 4 is 46.1 Å². The van der Waals surface area contributed by atoms with Crippen LogP contribution in [0.3, 0.4) is 0 Å². The van der Waals surface area contributed by atoms with Gasteiger partial charge in [0.1, 0.15) is 17.9 Å². The number of amides is 4. The van der Waals surface area contributed by atoms with Gasteiger partial charge < -0.3 is 34.9 Å². The Morgan fingerprint density at radius 1 is 0.742 bits per heavy atom. The SMILES string of the molecule is COC(=O)N[C@@H](Cc1ccccc1)C(=O)N1CCC[C@H]1C1=NC=C(c2ccc(-c3ccc4cc(-c5cnc([C@@H]6CCCN6C(=O)[C@@H](NC(=O)OC)C(C)C)[nH]5)ccc4c3)cc2)C1. The average Bonchev–Trinajstić information content (AvgIpc) is 4.15. The molecule has 3 aliphatic rings. The molecular formula is C49H53N7O6. The monoisotopic (exact) mass is 835 g/mol. The summed E-state index contributed by atoms with van der Waals surface area (Å²) in [5, 5.41) is 7.68. The van der Waals surface area contributed by atoms with Crippen molar-refractivity contribution in [3.8, 4) is 22.4 Å². The van der Waals surface area contributed by atoms with Crippen LogP contribution in [0.5, 0.6) is 0 Å². The van der Waals surface area contributed by atoms with E-state index >= 15 is 0 Å². The molecule has 2 fully saturated rings. The van der Waals surface area contributed by atoms with Crippen LogP contribution in [0.25, 0.3) is 38.7 Å². The lowest BCUT2D eigenvalue weighted by Gasteiger charge is -2.30. The highest BCUT2D eigenvalue weighted by molar-refractivity contribution is 6.04. The van der Waals surface area contributed by atoms with Crippen LogP contribution in [-0.4, -0.2) is 94.9 Å². The number of aromatic nitrogens is 2. The van der Waals surface area contributed by atoms with Gasteiger partial charge in [0, 0.05) is 43.4 Å². The van der Waals surface area contributed by atoms with Crippen LogP contribution in [0, 0.1) is 5.92 Å². The van der Waals surface area contributed by atoms with Crippen molar-refractivity contribution < 1.29 is 28.7 Å². The summed E-state index contributed by atoms with van der Waals surface area (Å²) < 4.78 is 9.64. The van der Waals surface area contributed by atoms with E-state index in [0.29, 0.717) is 25.9 Å². The molecule has 0 aliphatic carbocycles. The first-order chi connectivity index (χ1) is 30.1. The van der Waals surface area contributed by atoms with Gasteiger partial charge in [-0.1, -0.05) is 92.7 Å². The van der Waals surface area contributed by atoms with E-state index in [0.717, 1.165) is 87.1 Å². The molecule has 62 heavy (non-hydrogen) atoms. The predicted octanol–water partition coefficient (Wildman–Crippen LogP) is 8.08. The van der Waals surface area contributed by atoms with E-state index in [9.17, 15) is 19.2 Å². The summed E-state index contributed by atoms with van der Waals surface area (Å²) in [5.74, 6) is 0.363. The Bertz CT molecular complexity index is 2510. The molecule has 0 spiro atoms. The zero-order valence-corrected chi connectivity index (χ0v) is 35.6. The molecule has 1 aromatic heterocycles. The smallest absolute Gasteiger partial charge is 0.407 e. The zero-order valence-electron chi connectivity index (χ0n) is 35.6. The van der Waals surface area contributed by atoms with Crippen molar-refractivity contribution in [2.75, 3.05) is 27.3 Å². The molecule has 13 nitrogen and oxygen atoms in total. The molecule has 0 radical (unpaired) electrons. The number of rotatable bonds is 12. The number of H-pyrrole nitrogens is 1. The van der Waals surface area contributed by atoms with E-state index in [1.807, 2.05) is 66.4 Å².